The van der Waals surface area contributed by atoms with E-state index < -0.39 is 0 Å². The molecule has 2 heteroatoms. The molecule has 0 rings (SSSR count). The van der Waals surface area contributed by atoms with Crippen molar-refractivity contribution < 1.29 is 9.53 Å². The van der Waals surface area contributed by atoms with E-state index in [4.69, 9.17) is 4.74 Å². The zero-order chi connectivity index (χ0) is 11.0. The van der Waals surface area contributed by atoms with Gasteiger partial charge >= 0.3 is 0 Å². The van der Waals surface area contributed by atoms with Crippen molar-refractivity contribution in [1.82, 2.24) is 0 Å². The molecule has 0 radical (unpaired) electrons. The predicted octanol–water partition coefficient (Wildman–Crippen LogP) is 3.12. The van der Waals surface area contributed by atoms with Crippen LogP contribution in [0.2, 0.25) is 0 Å². The molecule has 0 aliphatic rings. The summed E-state index contributed by atoms with van der Waals surface area (Å²) in [4.78, 5) is 10.2. The first-order valence-corrected chi connectivity index (χ1v) is 5.26. The van der Waals surface area contributed by atoms with Crippen molar-refractivity contribution in [3.63, 3.8) is 0 Å². The Kier molecular flexibility index (Phi) is 6.46. The van der Waals surface area contributed by atoms with Crippen LogP contribution in [0.25, 0.3) is 0 Å². The van der Waals surface area contributed by atoms with Gasteiger partial charge < -0.3 is 4.74 Å². The van der Waals surface area contributed by atoms with E-state index >= 15 is 0 Å². The first kappa shape index (κ1) is 13.4. The quantitative estimate of drug-likeness (QED) is 0.464. The molecule has 0 aromatic carbocycles. The van der Waals surface area contributed by atoms with Gasteiger partial charge in [-0.05, 0) is 53.0 Å². The standard InChI is InChI=1S/C12H22O2/c1-5-14-12(3,4)9-6-7-11(2)8-10-13/h8,10H,5-7,9H2,1-4H3/b11-8-. The molecule has 2 nitrogen and oxygen atoms in total. The molecule has 0 atom stereocenters. The average molecular weight is 198 g/mol. The minimum Gasteiger partial charge on any atom is -0.376 e. The average Bonchev–Trinajstić information content (AvgIpc) is 2.03. The van der Waals surface area contributed by atoms with Crippen molar-refractivity contribution in [3.8, 4) is 0 Å². The lowest BCUT2D eigenvalue weighted by Crippen LogP contribution is -2.24. The smallest absolute Gasteiger partial charge is 0.142 e. The Morgan fingerprint density at radius 3 is 2.57 bits per heavy atom. The minimum atomic E-state index is -0.0315. The second-order valence-electron chi connectivity index (χ2n) is 4.20. The Labute approximate surface area is 87.3 Å². The Hall–Kier alpha value is -0.630. The van der Waals surface area contributed by atoms with Crippen LogP contribution < -0.4 is 0 Å². The lowest BCUT2D eigenvalue weighted by Gasteiger charge is -2.24. The third-order valence-electron chi connectivity index (χ3n) is 2.24. The molecule has 14 heavy (non-hydrogen) atoms. The van der Waals surface area contributed by atoms with E-state index in [-0.39, 0.29) is 5.60 Å². The second-order valence-corrected chi connectivity index (χ2v) is 4.20. The van der Waals surface area contributed by atoms with E-state index in [1.165, 1.54) is 0 Å². The Morgan fingerprint density at radius 2 is 2.07 bits per heavy atom. The van der Waals surface area contributed by atoms with Crippen LogP contribution in [0.5, 0.6) is 0 Å². The molecule has 0 saturated heterocycles. The molecule has 0 spiro atoms. The van der Waals surface area contributed by atoms with Gasteiger partial charge in [0.25, 0.3) is 0 Å². The van der Waals surface area contributed by atoms with Gasteiger partial charge in [0.1, 0.15) is 6.29 Å². The van der Waals surface area contributed by atoms with Crippen LogP contribution in [0.4, 0.5) is 0 Å². The molecule has 0 fully saturated rings. The monoisotopic (exact) mass is 198 g/mol. The van der Waals surface area contributed by atoms with Gasteiger partial charge in [0.15, 0.2) is 0 Å². The number of rotatable bonds is 7. The highest BCUT2D eigenvalue weighted by atomic mass is 16.5. The molecule has 0 aliphatic carbocycles. The number of carbonyl (C=O) groups is 1. The van der Waals surface area contributed by atoms with Crippen LogP contribution in [0.1, 0.15) is 47.0 Å². The number of aldehydes is 1. The van der Waals surface area contributed by atoms with Crippen molar-refractivity contribution in [2.24, 2.45) is 0 Å². The molecule has 0 amide bonds. The van der Waals surface area contributed by atoms with Crippen molar-refractivity contribution in [2.45, 2.75) is 52.6 Å². The largest absolute Gasteiger partial charge is 0.376 e. The second kappa shape index (κ2) is 6.77. The maximum Gasteiger partial charge on any atom is 0.142 e. The Morgan fingerprint density at radius 1 is 1.43 bits per heavy atom. The molecule has 0 unspecified atom stereocenters. The van der Waals surface area contributed by atoms with Crippen LogP contribution in [-0.4, -0.2) is 18.5 Å². The normalized spacial score (nSPS) is 13.0. The summed E-state index contributed by atoms with van der Waals surface area (Å²) in [5.41, 5.74) is 1.11. The SMILES string of the molecule is CCOC(C)(C)CCC/C(C)=C\C=O. The zero-order valence-corrected chi connectivity index (χ0v) is 9.80. The van der Waals surface area contributed by atoms with E-state index in [0.29, 0.717) is 0 Å². The summed E-state index contributed by atoms with van der Waals surface area (Å²) in [5, 5.41) is 0. The van der Waals surface area contributed by atoms with Crippen LogP contribution in [-0.2, 0) is 9.53 Å². The summed E-state index contributed by atoms with van der Waals surface area (Å²) in [6, 6.07) is 0. The van der Waals surface area contributed by atoms with Crippen molar-refractivity contribution >= 4 is 6.29 Å². The number of carbonyl (C=O) groups excluding carboxylic acids is 1. The third kappa shape index (κ3) is 6.84. The van der Waals surface area contributed by atoms with Gasteiger partial charge in [-0.3, -0.25) is 4.79 Å². The lowest BCUT2D eigenvalue weighted by molar-refractivity contribution is -0.104. The Bertz CT molecular complexity index is 192. The fourth-order valence-electron chi connectivity index (χ4n) is 1.46. The molecular weight excluding hydrogens is 176 g/mol. The minimum absolute atomic E-state index is 0.0315. The van der Waals surface area contributed by atoms with E-state index in [2.05, 4.69) is 13.8 Å². The van der Waals surface area contributed by atoms with Crippen molar-refractivity contribution in [1.29, 1.82) is 0 Å². The highest BCUT2D eigenvalue weighted by Crippen LogP contribution is 2.19. The number of hydrogen-bond acceptors (Lipinski definition) is 2. The van der Waals surface area contributed by atoms with Gasteiger partial charge in [-0.2, -0.15) is 0 Å². The molecular formula is C12H22O2. The summed E-state index contributed by atoms with van der Waals surface area (Å²) in [5.74, 6) is 0. The summed E-state index contributed by atoms with van der Waals surface area (Å²) in [6.45, 7) is 8.97. The number of ether oxygens (including phenoxy) is 1. The molecule has 0 N–H and O–H groups in total. The zero-order valence-electron chi connectivity index (χ0n) is 9.80. The molecule has 0 heterocycles. The van der Waals surface area contributed by atoms with Crippen LogP contribution in [0.15, 0.2) is 11.6 Å². The maximum atomic E-state index is 10.2. The highest BCUT2D eigenvalue weighted by Gasteiger charge is 2.16. The topological polar surface area (TPSA) is 26.3 Å². The summed E-state index contributed by atoms with van der Waals surface area (Å²) >= 11 is 0. The van der Waals surface area contributed by atoms with Gasteiger partial charge in [0.05, 0.1) is 5.60 Å². The first-order chi connectivity index (χ1) is 6.52. The van der Waals surface area contributed by atoms with E-state index in [1.54, 1.807) is 6.08 Å². The van der Waals surface area contributed by atoms with Gasteiger partial charge in [-0.25, -0.2) is 0 Å². The molecule has 0 aliphatic heterocycles. The molecule has 82 valence electrons. The lowest BCUT2D eigenvalue weighted by atomic mass is 9.99. The van der Waals surface area contributed by atoms with E-state index in [9.17, 15) is 4.79 Å². The molecule has 0 bridgehead atoms. The number of allylic oxidation sites excluding steroid dienone is 2. The molecule has 0 aromatic rings. The first-order valence-electron chi connectivity index (χ1n) is 5.26. The van der Waals surface area contributed by atoms with Gasteiger partial charge in [-0.15, -0.1) is 0 Å². The fraction of sp³-hybridized carbons (Fsp3) is 0.750. The van der Waals surface area contributed by atoms with Crippen molar-refractivity contribution in [2.75, 3.05) is 6.61 Å². The predicted molar refractivity (Wildman–Crippen MR) is 59.4 cm³/mol. The van der Waals surface area contributed by atoms with Gasteiger partial charge in [-0.1, -0.05) is 5.57 Å². The summed E-state index contributed by atoms with van der Waals surface area (Å²) in [6.07, 6.45) is 5.57. The van der Waals surface area contributed by atoms with Gasteiger partial charge in [0, 0.05) is 6.61 Å². The van der Waals surface area contributed by atoms with E-state index in [1.807, 2.05) is 13.8 Å². The summed E-state index contributed by atoms with van der Waals surface area (Å²) < 4.78 is 5.58. The van der Waals surface area contributed by atoms with Crippen LogP contribution >= 0.6 is 0 Å². The van der Waals surface area contributed by atoms with Crippen molar-refractivity contribution in [3.05, 3.63) is 11.6 Å². The van der Waals surface area contributed by atoms with E-state index in [0.717, 1.165) is 37.7 Å². The summed E-state index contributed by atoms with van der Waals surface area (Å²) in [7, 11) is 0. The molecule has 0 saturated carbocycles. The van der Waals surface area contributed by atoms with Gasteiger partial charge in [0.2, 0.25) is 0 Å². The Balaban J connectivity index is 3.72. The third-order valence-corrected chi connectivity index (χ3v) is 2.24. The van der Waals surface area contributed by atoms with Crippen LogP contribution in [0.3, 0.4) is 0 Å². The number of hydrogen-bond donors (Lipinski definition) is 0. The van der Waals surface area contributed by atoms with Crippen LogP contribution in [0, 0.1) is 0 Å². The fourth-order valence-corrected chi connectivity index (χ4v) is 1.46. The maximum absolute atomic E-state index is 10.2. The highest BCUT2D eigenvalue weighted by molar-refractivity contribution is 5.65. The molecule has 0 aromatic heterocycles.